The fourth-order valence-electron chi connectivity index (χ4n) is 4.37. The molecular formula is C28H24O2. The van der Waals surface area contributed by atoms with Crippen LogP contribution in [-0.2, 0) is 5.41 Å². The number of fused-ring (bicyclic) bond motifs is 3. The molecule has 30 heavy (non-hydrogen) atoms. The van der Waals surface area contributed by atoms with Crippen LogP contribution in [0.25, 0.3) is 11.1 Å². The maximum atomic E-state index is 9.59. The van der Waals surface area contributed by atoms with E-state index >= 15 is 0 Å². The van der Waals surface area contributed by atoms with E-state index in [9.17, 15) is 5.11 Å². The zero-order valence-electron chi connectivity index (χ0n) is 17.2. The van der Waals surface area contributed by atoms with Crippen LogP contribution in [-0.4, -0.2) is 5.11 Å². The molecule has 0 bridgehead atoms. The van der Waals surface area contributed by atoms with Crippen molar-refractivity contribution >= 4 is 0 Å². The predicted molar refractivity (Wildman–Crippen MR) is 121 cm³/mol. The minimum absolute atomic E-state index is 0.0895. The Kier molecular flexibility index (Phi) is 4.36. The fourth-order valence-corrected chi connectivity index (χ4v) is 4.37. The number of hydrogen-bond donors (Lipinski definition) is 1. The highest BCUT2D eigenvalue weighted by Crippen LogP contribution is 2.45. The molecule has 2 nitrogen and oxygen atoms in total. The van der Waals surface area contributed by atoms with Crippen LogP contribution in [0.2, 0.25) is 0 Å². The first kappa shape index (κ1) is 18.5. The van der Waals surface area contributed by atoms with E-state index < -0.39 is 0 Å². The van der Waals surface area contributed by atoms with Gasteiger partial charge in [-0.15, -0.1) is 0 Å². The summed E-state index contributed by atoms with van der Waals surface area (Å²) in [5, 5.41) is 9.59. The van der Waals surface area contributed by atoms with Crippen LogP contribution in [0.15, 0.2) is 97.1 Å². The highest BCUT2D eigenvalue weighted by molar-refractivity contribution is 5.78. The molecule has 0 spiro atoms. The van der Waals surface area contributed by atoms with E-state index in [4.69, 9.17) is 4.74 Å². The molecule has 0 unspecified atom stereocenters. The van der Waals surface area contributed by atoms with Gasteiger partial charge >= 0.3 is 0 Å². The summed E-state index contributed by atoms with van der Waals surface area (Å²) < 4.78 is 6.48. The molecule has 0 radical (unpaired) electrons. The summed E-state index contributed by atoms with van der Waals surface area (Å²) in [5.74, 6) is 1.15. The molecule has 0 heterocycles. The Morgan fingerprint density at radius 3 is 1.63 bits per heavy atom. The van der Waals surface area contributed by atoms with Gasteiger partial charge < -0.3 is 9.84 Å². The molecule has 4 aromatic carbocycles. The summed E-state index contributed by atoms with van der Waals surface area (Å²) in [6.45, 7) is 4.39. The van der Waals surface area contributed by atoms with Crippen molar-refractivity contribution in [3.05, 3.63) is 119 Å². The summed E-state index contributed by atoms with van der Waals surface area (Å²) in [6.07, 6.45) is -0.0895. The lowest BCUT2D eigenvalue weighted by Gasteiger charge is -2.26. The van der Waals surface area contributed by atoms with E-state index in [2.05, 4.69) is 86.6 Å². The smallest absolute Gasteiger partial charge is 0.150 e. The van der Waals surface area contributed by atoms with E-state index in [-0.39, 0.29) is 17.3 Å². The van der Waals surface area contributed by atoms with Gasteiger partial charge in [-0.05, 0) is 46.5 Å². The zero-order chi connectivity index (χ0) is 20.7. The Labute approximate surface area is 177 Å². The normalized spacial score (nSPS) is 13.0. The minimum atomic E-state index is -0.168. The number of ether oxygens (including phenoxy) is 1. The van der Waals surface area contributed by atoms with Gasteiger partial charge in [0.05, 0.1) is 0 Å². The minimum Gasteiger partial charge on any atom is -0.508 e. The molecule has 4 aromatic rings. The van der Waals surface area contributed by atoms with Gasteiger partial charge in [0.2, 0.25) is 0 Å². The molecule has 0 saturated heterocycles. The fraction of sp³-hybridized carbons (Fsp3) is 0.143. The number of phenols is 1. The van der Waals surface area contributed by atoms with Gasteiger partial charge in [0.25, 0.3) is 0 Å². The number of hydrogen-bond acceptors (Lipinski definition) is 2. The van der Waals surface area contributed by atoms with Crippen molar-refractivity contribution in [1.29, 1.82) is 0 Å². The summed E-state index contributed by atoms with van der Waals surface area (Å²) >= 11 is 0. The standard InChI is InChI=1S/C28H24O2/c1-28(2,19-11-15-21(29)16-12-19)20-13-17-22(18-14-20)30-27-25-9-5-3-7-23(25)24-8-4-6-10-26(24)27/h3-18,27,29H,1-2H3. The Bertz CT molecular complexity index is 1140. The van der Waals surface area contributed by atoms with Gasteiger partial charge in [-0.25, -0.2) is 0 Å². The van der Waals surface area contributed by atoms with Gasteiger partial charge in [0.1, 0.15) is 11.5 Å². The van der Waals surface area contributed by atoms with Crippen LogP contribution in [0.3, 0.4) is 0 Å². The lowest BCUT2D eigenvalue weighted by Crippen LogP contribution is -2.18. The van der Waals surface area contributed by atoms with Crippen LogP contribution in [0.1, 0.15) is 42.2 Å². The quantitative estimate of drug-likeness (QED) is 0.411. The molecular weight excluding hydrogens is 368 g/mol. The Balaban J connectivity index is 1.44. The second-order valence-corrected chi connectivity index (χ2v) is 8.37. The SMILES string of the molecule is CC(C)(c1ccc(O)cc1)c1ccc(OC2c3ccccc3-c3ccccc32)cc1. The maximum Gasteiger partial charge on any atom is 0.150 e. The maximum absolute atomic E-state index is 9.59. The van der Waals surface area contributed by atoms with Crippen molar-refractivity contribution in [3.63, 3.8) is 0 Å². The first-order chi connectivity index (χ1) is 14.5. The molecule has 0 aromatic heterocycles. The van der Waals surface area contributed by atoms with Crippen molar-refractivity contribution in [2.24, 2.45) is 0 Å². The van der Waals surface area contributed by atoms with E-state index in [1.807, 2.05) is 12.1 Å². The molecule has 0 amide bonds. The molecule has 1 aliphatic carbocycles. The van der Waals surface area contributed by atoms with E-state index in [1.165, 1.54) is 27.8 Å². The van der Waals surface area contributed by atoms with Gasteiger partial charge in [-0.1, -0.05) is 86.6 Å². The lowest BCUT2D eigenvalue weighted by atomic mass is 9.78. The topological polar surface area (TPSA) is 29.5 Å². The molecule has 2 heteroatoms. The second-order valence-electron chi connectivity index (χ2n) is 8.37. The third kappa shape index (κ3) is 3.05. The first-order valence-corrected chi connectivity index (χ1v) is 10.3. The molecule has 5 rings (SSSR count). The van der Waals surface area contributed by atoms with Gasteiger partial charge in [0.15, 0.2) is 6.10 Å². The zero-order valence-corrected chi connectivity index (χ0v) is 17.2. The van der Waals surface area contributed by atoms with Crippen molar-refractivity contribution in [2.45, 2.75) is 25.4 Å². The third-order valence-corrected chi connectivity index (χ3v) is 6.20. The predicted octanol–water partition coefficient (Wildman–Crippen LogP) is 6.87. The summed E-state index contributed by atoms with van der Waals surface area (Å²) in [6, 6.07) is 32.8. The second kappa shape index (κ2) is 7.07. The Hall–Kier alpha value is -3.52. The van der Waals surface area contributed by atoms with E-state index in [0.29, 0.717) is 0 Å². The number of aromatic hydroxyl groups is 1. The average molecular weight is 392 g/mol. The van der Waals surface area contributed by atoms with Gasteiger partial charge in [-0.2, -0.15) is 0 Å². The third-order valence-electron chi connectivity index (χ3n) is 6.20. The van der Waals surface area contributed by atoms with Crippen LogP contribution < -0.4 is 4.74 Å². The van der Waals surface area contributed by atoms with Gasteiger partial charge in [-0.3, -0.25) is 0 Å². The van der Waals surface area contributed by atoms with Crippen LogP contribution in [0.5, 0.6) is 11.5 Å². The largest absolute Gasteiger partial charge is 0.508 e. The number of benzene rings is 4. The lowest BCUT2D eigenvalue weighted by molar-refractivity contribution is 0.252. The number of rotatable bonds is 4. The molecule has 0 aliphatic heterocycles. The summed E-state index contributed by atoms with van der Waals surface area (Å²) in [7, 11) is 0. The van der Waals surface area contributed by atoms with Crippen LogP contribution in [0, 0.1) is 0 Å². The molecule has 1 aliphatic rings. The van der Waals surface area contributed by atoms with E-state index in [1.54, 1.807) is 12.1 Å². The highest BCUT2D eigenvalue weighted by Gasteiger charge is 2.30. The summed E-state index contributed by atoms with van der Waals surface area (Å²) in [5.41, 5.74) is 7.13. The monoisotopic (exact) mass is 392 g/mol. The number of phenolic OH excluding ortho intramolecular Hbond substituents is 1. The average Bonchev–Trinajstić information content (AvgIpc) is 3.09. The molecule has 0 atom stereocenters. The van der Waals surface area contributed by atoms with E-state index in [0.717, 1.165) is 11.3 Å². The van der Waals surface area contributed by atoms with Crippen LogP contribution >= 0.6 is 0 Å². The van der Waals surface area contributed by atoms with Crippen LogP contribution in [0.4, 0.5) is 0 Å². The molecule has 0 fully saturated rings. The van der Waals surface area contributed by atoms with Crippen molar-refractivity contribution in [3.8, 4) is 22.6 Å². The summed E-state index contributed by atoms with van der Waals surface area (Å²) in [4.78, 5) is 0. The first-order valence-electron chi connectivity index (χ1n) is 10.3. The van der Waals surface area contributed by atoms with Crippen molar-refractivity contribution in [1.82, 2.24) is 0 Å². The Morgan fingerprint density at radius 2 is 1.10 bits per heavy atom. The highest BCUT2D eigenvalue weighted by atomic mass is 16.5. The Morgan fingerprint density at radius 1 is 0.633 bits per heavy atom. The molecule has 148 valence electrons. The van der Waals surface area contributed by atoms with Crippen molar-refractivity contribution < 1.29 is 9.84 Å². The molecule has 1 N–H and O–H groups in total. The van der Waals surface area contributed by atoms with Crippen molar-refractivity contribution in [2.75, 3.05) is 0 Å². The molecule has 0 saturated carbocycles. The van der Waals surface area contributed by atoms with Gasteiger partial charge in [0, 0.05) is 16.5 Å².